The van der Waals surface area contributed by atoms with E-state index in [1.54, 1.807) is 0 Å². The van der Waals surface area contributed by atoms with Crippen molar-refractivity contribution >= 4 is 23.9 Å². The van der Waals surface area contributed by atoms with Gasteiger partial charge in [-0.3, -0.25) is 19.2 Å². The molecule has 4 aliphatic rings. The van der Waals surface area contributed by atoms with Gasteiger partial charge in [0.15, 0.2) is 0 Å². The van der Waals surface area contributed by atoms with E-state index >= 15 is 0 Å². The molecule has 0 spiro atoms. The lowest BCUT2D eigenvalue weighted by atomic mass is 9.43. The first kappa shape index (κ1) is 37.7. The fraction of sp³-hybridized carbons (Fsp3) is 0.897. The van der Waals surface area contributed by atoms with Crippen LogP contribution in [0.25, 0.3) is 0 Å². The van der Waals surface area contributed by atoms with Crippen molar-refractivity contribution in [1.29, 1.82) is 0 Å². The second-order valence-electron chi connectivity index (χ2n) is 19.3. The number of carboxylic acids is 1. The van der Waals surface area contributed by atoms with Crippen molar-refractivity contribution in [1.82, 2.24) is 0 Å². The summed E-state index contributed by atoms with van der Waals surface area (Å²) in [5.74, 6) is -0.477. The molecule has 0 heterocycles. The fourth-order valence-electron chi connectivity index (χ4n) is 9.97. The van der Waals surface area contributed by atoms with Crippen LogP contribution < -0.4 is 0 Å². The van der Waals surface area contributed by atoms with Crippen LogP contribution in [0.15, 0.2) is 0 Å². The van der Waals surface area contributed by atoms with Gasteiger partial charge >= 0.3 is 23.9 Å². The van der Waals surface area contributed by atoms with E-state index in [4.69, 9.17) is 14.2 Å². The topological polar surface area (TPSA) is 116 Å². The van der Waals surface area contributed by atoms with Gasteiger partial charge in [0, 0.05) is 17.8 Å². The number of carbonyl (C=O) groups is 4. The monoisotopic (exact) mass is 660 g/mol. The summed E-state index contributed by atoms with van der Waals surface area (Å²) in [5.41, 5.74) is -2.37. The second kappa shape index (κ2) is 13.0. The maximum Gasteiger partial charge on any atom is 0.311 e. The molecule has 8 nitrogen and oxygen atoms in total. The third kappa shape index (κ3) is 7.41. The standard InChI is InChI=1S/C39H64O8/c1-22(13-16-30(40)41)25-14-15-26-31-27(21-29(39(25,26)12)47-34(44)37(8,9)10)38(11)18-17-24(45-32(42)35(2,3)4)19-23(38)20-28(31)46-33(43)36(5,6)7/h22-29,31H,13-21H2,1-12H3,(H,40,41)/t22-,23+,24-,25-,26?,27?,28?,29+,31?,38+,39-/m1/s1. The van der Waals surface area contributed by atoms with Crippen molar-refractivity contribution in [2.24, 2.45) is 62.6 Å². The zero-order valence-electron chi connectivity index (χ0n) is 31.4. The molecule has 0 amide bonds. The fourth-order valence-corrected chi connectivity index (χ4v) is 9.97. The number of ether oxygens (including phenoxy) is 3. The highest BCUT2D eigenvalue weighted by Crippen LogP contribution is 2.69. The summed E-state index contributed by atoms with van der Waals surface area (Å²) in [5, 5.41) is 9.50. The Balaban J connectivity index is 1.77. The van der Waals surface area contributed by atoms with Crippen LogP contribution in [-0.4, -0.2) is 47.3 Å². The van der Waals surface area contributed by atoms with Gasteiger partial charge < -0.3 is 19.3 Å². The summed E-state index contributed by atoms with van der Waals surface area (Å²) in [6, 6.07) is 0. The van der Waals surface area contributed by atoms with Gasteiger partial charge in [-0.15, -0.1) is 0 Å². The molecule has 0 saturated heterocycles. The highest BCUT2D eigenvalue weighted by molar-refractivity contribution is 5.76. The van der Waals surface area contributed by atoms with Crippen LogP contribution in [0.2, 0.25) is 0 Å². The van der Waals surface area contributed by atoms with Crippen molar-refractivity contribution in [2.45, 2.75) is 159 Å². The molecule has 4 unspecified atom stereocenters. The first-order chi connectivity index (χ1) is 21.4. The van der Waals surface area contributed by atoms with Crippen LogP contribution in [0.4, 0.5) is 0 Å². The van der Waals surface area contributed by atoms with E-state index in [0.29, 0.717) is 12.8 Å². The largest absolute Gasteiger partial charge is 0.481 e. The Morgan fingerprint density at radius 2 is 1.30 bits per heavy atom. The molecule has 0 bridgehead atoms. The van der Waals surface area contributed by atoms with E-state index in [1.165, 1.54) is 0 Å². The van der Waals surface area contributed by atoms with E-state index in [0.717, 1.165) is 38.5 Å². The lowest BCUT2D eigenvalue weighted by Gasteiger charge is -2.64. The normalized spacial score (nSPS) is 37.9. The van der Waals surface area contributed by atoms with E-state index in [-0.39, 0.29) is 89.0 Å². The molecular weight excluding hydrogens is 596 g/mol. The van der Waals surface area contributed by atoms with Gasteiger partial charge in [0.1, 0.15) is 18.3 Å². The predicted octanol–water partition coefficient (Wildman–Crippen LogP) is 8.24. The van der Waals surface area contributed by atoms with Crippen molar-refractivity contribution in [3.63, 3.8) is 0 Å². The van der Waals surface area contributed by atoms with Crippen molar-refractivity contribution in [3.8, 4) is 0 Å². The van der Waals surface area contributed by atoms with Crippen LogP contribution in [-0.2, 0) is 33.4 Å². The molecule has 0 aromatic heterocycles. The number of fused-ring (bicyclic) bond motifs is 5. The Morgan fingerprint density at radius 3 is 1.85 bits per heavy atom. The summed E-state index contributed by atoms with van der Waals surface area (Å²) in [6.07, 6.45) is 5.57. The van der Waals surface area contributed by atoms with E-state index in [9.17, 15) is 24.3 Å². The van der Waals surface area contributed by atoms with Crippen LogP contribution in [0.1, 0.15) is 141 Å². The minimum atomic E-state index is -0.792. The molecular formula is C39H64O8. The van der Waals surface area contributed by atoms with Crippen LogP contribution >= 0.6 is 0 Å². The maximum absolute atomic E-state index is 13.6. The van der Waals surface area contributed by atoms with Gasteiger partial charge in [0.25, 0.3) is 0 Å². The van der Waals surface area contributed by atoms with Gasteiger partial charge in [0.05, 0.1) is 16.2 Å². The molecule has 0 radical (unpaired) electrons. The zero-order valence-corrected chi connectivity index (χ0v) is 31.4. The Hall–Kier alpha value is -2.12. The molecule has 0 aromatic carbocycles. The number of carbonyl (C=O) groups excluding carboxylic acids is 3. The summed E-state index contributed by atoms with van der Waals surface area (Å²) in [4.78, 5) is 51.6. The zero-order chi connectivity index (χ0) is 35.5. The summed E-state index contributed by atoms with van der Waals surface area (Å²) < 4.78 is 19.2. The Bertz CT molecular complexity index is 1200. The van der Waals surface area contributed by atoms with Crippen molar-refractivity contribution in [2.75, 3.05) is 0 Å². The number of carboxylic acid groups (broad SMARTS) is 1. The molecule has 0 aromatic rings. The van der Waals surface area contributed by atoms with Gasteiger partial charge in [-0.25, -0.2) is 0 Å². The lowest BCUT2D eigenvalue weighted by Crippen LogP contribution is -2.64. The number of hydrogen-bond acceptors (Lipinski definition) is 7. The first-order valence-corrected chi connectivity index (χ1v) is 18.3. The Kier molecular flexibility index (Phi) is 10.4. The molecule has 47 heavy (non-hydrogen) atoms. The summed E-state index contributed by atoms with van der Waals surface area (Å²) in [7, 11) is 0. The number of esters is 3. The smallest absolute Gasteiger partial charge is 0.311 e. The second-order valence-corrected chi connectivity index (χ2v) is 19.3. The quantitative estimate of drug-likeness (QED) is 0.214. The molecule has 0 aliphatic heterocycles. The predicted molar refractivity (Wildman–Crippen MR) is 180 cm³/mol. The van der Waals surface area contributed by atoms with E-state index in [2.05, 4.69) is 20.8 Å². The van der Waals surface area contributed by atoms with Crippen LogP contribution in [0.5, 0.6) is 0 Å². The highest BCUT2D eigenvalue weighted by atomic mass is 16.6. The average Bonchev–Trinajstić information content (AvgIpc) is 3.29. The highest BCUT2D eigenvalue weighted by Gasteiger charge is 2.68. The number of hydrogen-bond donors (Lipinski definition) is 1. The first-order valence-electron chi connectivity index (χ1n) is 18.3. The minimum Gasteiger partial charge on any atom is -0.481 e. The maximum atomic E-state index is 13.6. The van der Waals surface area contributed by atoms with Crippen molar-refractivity contribution < 1.29 is 38.5 Å². The van der Waals surface area contributed by atoms with Crippen LogP contribution in [0.3, 0.4) is 0 Å². The average molecular weight is 661 g/mol. The minimum absolute atomic E-state index is 0.0966. The lowest BCUT2D eigenvalue weighted by molar-refractivity contribution is -0.230. The van der Waals surface area contributed by atoms with Gasteiger partial charge in [-0.1, -0.05) is 20.8 Å². The molecule has 4 fully saturated rings. The molecule has 4 aliphatic carbocycles. The summed E-state index contributed by atoms with van der Waals surface area (Å²) >= 11 is 0. The third-order valence-corrected chi connectivity index (χ3v) is 12.9. The summed E-state index contributed by atoms with van der Waals surface area (Å²) in [6.45, 7) is 23.8. The van der Waals surface area contributed by atoms with Gasteiger partial charge in [-0.2, -0.15) is 0 Å². The molecule has 268 valence electrons. The van der Waals surface area contributed by atoms with Gasteiger partial charge in [-0.05, 0) is 149 Å². The van der Waals surface area contributed by atoms with Crippen LogP contribution in [0, 0.1) is 62.6 Å². The molecule has 1 N–H and O–H groups in total. The Labute approximate surface area is 283 Å². The number of rotatable bonds is 7. The van der Waals surface area contributed by atoms with Crippen molar-refractivity contribution in [3.05, 3.63) is 0 Å². The Morgan fingerprint density at radius 1 is 0.745 bits per heavy atom. The van der Waals surface area contributed by atoms with Gasteiger partial charge in [0.2, 0.25) is 0 Å². The molecule has 4 saturated carbocycles. The third-order valence-electron chi connectivity index (χ3n) is 12.9. The van der Waals surface area contributed by atoms with E-state index in [1.807, 2.05) is 62.3 Å². The number of aliphatic carboxylic acids is 1. The molecule has 11 atom stereocenters. The van der Waals surface area contributed by atoms with E-state index < -0.39 is 22.2 Å². The molecule has 8 heteroatoms. The molecule has 4 rings (SSSR count). The SMILES string of the molecule is C[C@H](CCC(=O)O)[C@H]1CCC2C3C(OC(=O)C(C)(C)C)C[C@@H]4C[C@H](OC(=O)C(C)(C)C)CC[C@]4(C)C3C[C@H](OC(=O)C(C)(C)C)[C@@]21C.